The van der Waals surface area contributed by atoms with Gasteiger partial charge in [0.05, 0.1) is 24.3 Å². The highest BCUT2D eigenvalue weighted by Gasteiger charge is 2.34. The van der Waals surface area contributed by atoms with Crippen LogP contribution in [0.25, 0.3) is 0 Å². The van der Waals surface area contributed by atoms with Crippen molar-refractivity contribution in [3.63, 3.8) is 0 Å². The van der Waals surface area contributed by atoms with Crippen LogP contribution in [-0.4, -0.2) is 54.6 Å². The molecular formula is C18H24N2O3. The molecule has 1 aliphatic heterocycles. The number of nitrogens with zero attached hydrogens (tertiary/aromatic N) is 2. The van der Waals surface area contributed by atoms with Crippen LogP contribution in [0.5, 0.6) is 5.75 Å². The fraction of sp³-hybridized carbons (Fsp3) is 0.611. The Balaban J connectivity index is 1.48. The summed E-state index contributed by atoms with van der Waals surface area (Å²) in [5.74, 6) is 0.681. The number of morpholine rings is 1. The normalized spacial score (nSPS) is 26.1. The maximum atomic E-state index is 10.3. The van der Waals surface area contributed by atoms with Crippen molar-refractivity contribution in [3.05, 3.63) is 29.8 Å². The van der Waals surface area contributed by atoms with Crippen LogP contribution < -0.4 is 4.74 Å². The van der Waals surface area contributed by atoms with Gasteiger partial charge in [-0.05, 0) is 37.1 Å². The van der Waals surface area contributed by atoms with Crippen LogP contribution in [0.3, 0.4) is 0 Å². The first-order valence-corrected chi connectivity index (χ1v) is 8.43. The summed E-state index contributed by atoms with van der Waals surface area (Å²) in [7, 11) is 0. The van der Waals surface area contributed by atoms with Crippen molar-refractivity contribution >= 4 is 0 Å². The lowest BCUT2D eigenvalue weighted by Gasteiger charge is -2.44. The average Bonchev–Trinajstić information content (AvgIpc) is 2.61. The summed E-state index contributed by atoms with van der Waals surface area (Å²) in [5, 5.41) is 19.1. The molecule has 0 aromatic heterocycles. The summed E-state index contributed by atoms with van der Waals surface area (Å²) in [5.41, 5.74) is 0.606. The second-order valence-electron chi connectivity index (χ2n) is 6.36. The van der Waals surface area contributed by atoms with E-state index in [1.807, 2.05) is 0 Å². The second-order valence-corrected chi connectivity index (χ2v) is 6.36. The standard InChI is InChI=1S/C18H24N2O3/c19-11-14-5-7-16(8-6-14)23-13-15(21)12-20-9-10-22-18-4-2-1-3-17(18)20/h5-8,15,17-18,21H,1-4,9-10,12-13H2/t15-,17+,18-/m1/s1. The van der Waals surface area contributed by atoms with Gasteiger partial charge in [0.25, 0.3) is 0 Å². The highest BCUT2D eigenvalue weighted by molar-refractivity contribution is 5.34. The lowest BCUT2D eigenvalue weighted by atomic mass is 9.90. The smallest absolute Gasteiger partial charge is 0.119 e. The molecule has 0 radical (unpaired) electrons. The minimum absolute atomic E-state index is 0.265. The van der Waals surface area contributed by atoms with E-state index in [-0.39, 0.29) is 6.61 Å². The summed E-state index contributed by atoms with van der Waals surface area (Å²) in [6, 6.07) is 9.48. The fourth-order valence-corrected chi connectivity index (χ4v) is 3.54. The monoisotopic (exact) mass is 316 g/mol. The highest BCUT2D eigenvalue weighted by atomic mass is 16.5. The molecule has 0 unspecified atom stereocenters. The quantitative estimate of drug-likeness (QED) is 0.899. The molecule has 5 heteroatoms. The number of benzene rings is 1. The number of aliphatic hydroxyl groups excluding tert-OH is 1. The molecule has 124 valence electrons. The van der Waals surface area contributed by atoms with E-state index in [1.54, 1.807) is 24.3 Å². The molecular weight excluding hydrogens is 292 g/mol. The molecule has 1 heterocycles. The third-order valence-electron chi connectivity index (χ3n) is 4.72. The number of hydrogen-bond donors (Lipinski definition) is 1. The summed E-state index contributed by atoms with van der Waals surface area (Å²) >= 11 is 0. The Morgan fingerprint density at radius 1 is 1.30 bits per heavy atom. The molecule has 5 nitrogen and oxygen atoms in total. The number of fused-ring (bicyclic) bond motifs is 1. The van der Waals surface area contributed by atoms with Gasteiger partial charge in [0.2, 0.25) is 0 Å². The average molecular weight is 316 g/mol. The Kier molecular flexibility index (Phi) is 5.50. The van der Waals surface area contributed by atoms with Gasteiger partial charge < -0.3 is 14.6 Å². The summed E-state index contributed by atoms with van der Waals surface area (Å²) < 4.78 is 11.5. The van der Waals surface area contributed by atoms with Crippen molar-refractivity contribution in [3.8, 4) is 11.8 Å². The van der Waals surface area contributed by atoms with Crippen LogP contribution in [0.1, 0.15) is 31.2 Å². The summed E-state index contributed by atoms with van der Waals surface area (Å²) in [4.78, 5) is 2.36. The maximum Gasteiger partial charge on any atom is 0.119 e. The third kappa shape index (κ3) is 4.23. The molecule has 23 heavy (non-hydrogen) atoms. The zero-order valence-corrected chi connectivity index (χ0v) is 13.4. The van der Waals surface area contributed by atoms with E-state index in [0.717, 1.165) is 26.0 Å². The zero-order chi connectivity index (χ0) is 16.1. The van der Waals surface area contributed by atoms with Gasteiger partial charge in [0.1, 0.15) is 18.5 Å². The van der Waals surface area contributed by atoms with Crippen LogP contribution in [0.15, 0.2) is 24.3 Å². The summed E-state index contributed by atoms with van der Waals surface area (Å²) in [6.45, 7) is 2.53. The Bertz CT molecular complexity index is 538. The maximum absolute atomic E-state index is 10.3. The van der Waals surface area contributed by atoms with E-state index in [2.05, 4.69) is 11.0 Å². The molecule has 3 atom stereocenters. The Labute approximate surface area is 137 Å². The minimum atomic E-state index is -0.522. The van der Waals surface area contributed by atoms with E-state index in [9.17, 15) is 5.11 Å². The van der Waals surface area contributed by atoms with Gasteiger partial charge >= 0.3 is 0 Å². The molecule has 2 aliphatic rings. The van der Waals surface area contributed by atoms with Gasteiger partial charge in [-0.1, -0.05) is 12.8 Å². The number of rotatable bonds is 5. The number of aliphatic hydroxyl groups is 1. The third-order valence-corrected chi connectivity index (χ3v) is 4.72. The van der Waals surface area contributed by atoms with Crippen LogP contribution in [0, 0.1) is 11.3 Å². The number of β-amino-alcohol motifs (C(OH)–C–C–N with tert-alkyl or cyclic N) is 1. The molecule has 0 spiro atoms. The predicted octanol–water partition coefficient (Wildman–Crippen LogP) is 1.94. The van der Waals surface area contributed by atoms with Crippen LogP contribution in [0.2, 0.25) is 0 Å². The Morgan fingerprint density at radius 2 is 2.09 bits per heavy atom. The minimum Gasteiger partial charge on any atom is -0.491 e. The molecule has 1 saturated heterocycles. The molecule has 1 aromatic rings. The molecule has 3 rings (SSSR count). The van der Waals surface area contributed by atoms with Crippen molar-refractivity contribution in [2.75, 3.05) is 26.3 Å². The van der Waals surface area contributed by atoms with Crippen molar-refractivity contribution in [2.24, 2.45) is 0 Å². The molecule has 1 saturated carbocycles. The number of ether oxygens (including phenoxy) is 2. The summed E-state index contributed by atoms with van der Waals surface area (Å²) in [6.07, 6.45) is 4.61. The number of hydrogen-bond acceptors (Lipinski definition) is 5. The Morgan fingerprint density at radius 3 is 2.87 bits per heavy atom. The van der Waals surface area contributed by atoms with E-state index in [0.29, 0.717) is 30.0 Å². The van der Waals surface area contributed by atoms with Gasteiger partial charge in [-0.2, -0.15) is 5.26 Å². The van der Waals surface area contributed by atoms with E-state index >= 15 is 0 Å². The van der Waals surface area contributed by atoms with Gasteiger partial charge in [-0.3, -0.25) is 4.90 Å². The molecule has 1 aliphatic carbocycles. The lowest BCUT2D eigenvalue weighted by molar-refractivity contribution is -0.0992. The number of nitriles is 1. The van der Waals surface area contributed by atoms with Crippen molar-refractivity contribution in [1.82, 2.24) is 4.90 Å². The van der Waals surface area contributed by atoms with Gasteiger partial charge in [-0.15, -0.1) is 0 Å². The van der Waals surface area contributed by atoms with Crippen LogP contribution in [-0.2, 0) is 4.74 Å². The highest BCUT2D eigenvalue weighted by Crippen LogP contribution is 2.28. The van der Waals surface area contributed by atoms with Crippen molar-refractivity contribution in [1.29, 1.82) is 5.26 Å². The largest absolute Gasteiger partial charge is 0.491 e. The molecule has 0 bridgehead atoms. The SMILES string of the molecule is N#Cc1ccc(OC[C@H](O)CN2CCO[C@@H]3CCCC[C@@H]32)cc1. The first-order chi connectivity index (χ1) is 11.3. The van der Waals surface area contributed by atoms with E-state index in [4.69, 9.17) is 14.7 Å². The lowest BCUT2D eigenvalue weighted by Crippen LogP contribution is -2.55. The van der Waals surface area contributed by atoms with Crippen LogP contribution >= 0.6 is 0 Å². The second kappa shape index (κ2) is 7.78. The fourth-order valence-electron chi connectivity index (χ4n) is 3.54. The van der Waals surface area contributed by atoms with Gasteiger partial charge in [0, 0.05) is 19.1 Å². The predicted molar refractivity (Wildman–Crippen MR) is 86.2 cm³/mol. The molecule has 1 N–H and O–H groups in total. The molecule has 1 aromatic carbocycles. The molecule has 2 fully saturated rings. The Hall–Kier alpha value is -1.61. The van der Waals surface area contributed by atoms with Crippen LogP contribution in [0.4, 0.5) is 0 Å². The first-order valence-electron chi connectivity index (χ1n) is 8.43. The van der Waals surface area contributed by atoms with Crippen molar-refractivity contribution < 1.29 is 14.6 Å². The van der Waals surface area contributed by atoms with E-state index in [1.165, 1.54) is 12.8 Å². The van der Waals surface area contributed by atoms with Crippen molar-refractivity contribution in [2.45, 2.75) is 43.9 Å². The first kappa shape index (κ1) is 16.3. The molecule has 0 amide bonds. The topological polar surface area (TPSA) is 65.7 Å². The van der Waals surface area contributed by atoms with Gasteiger partial charge in [0.15, 0.2) is 0 Å². The van der Waals surface area contributed by atoms with E-state index < -0.39 is 6.10 Å². The zero-order valence-electron chi connectivity index (χ0n) is 13.4. The van der Waals surface area contributed by atoms with Gasteiger partial charge in [-0.25, -0.2) is 0 Å².